The molecule has 0 aromatic heterocycles. The number of aliphatic carboxylic acids is 2. The van der Waals surface area contributed by atoms with Gasteiger partial charge in [0.15, 0.2) is 11.5 Å². The van der Waals surface area contributed by atoms with Crippen molar-refractivity contribution in [2.75, 3.05) is 21.3 Å². The second-order valence-electron chi connectivity index (χ2n) is 5.29. The third-order valence-electron chi connectivity index (χ3n) is 3.64. The SMILES string of the molecule is COc1ccc(/C(=C/CCC(=O)O)CCCC(=O)O)c(OC)c1OC. The van der Waals surface area contributed by atoms with Gasteiger partial charge in [0.2, 0.25) is 5.75 Å². The summed E-state index contributed by atoms with van der Waals surface area (Å²) in [6.07, 6.45) is 3.10. The lowest BCUT2D eigenvalue weighted by molar-refractivity contribution is -0.138. The highest BCUT2D eigenvalue weighted by atomic mass is 16.5. The van der Waals surface area contributed by atoms with Crippen LogP contribution in [0.1, 0.15) is 37.7 Å². The summed E-state index contributed by atoms with van der Waals surface area (Å²) in [7, 11) is 4.53. The molecule has 0 spiro atoms. The van der Waals surface area contributed by atoms with E-state index in [2.05, 4.69) is 0 Å². The Hall–Kier alpha value is -2.70. The number of rotatable bonds is 11. The van der Waals surface area contributed by atoms with Gasteiger partial charge >= 0.3 is 11.9 Å². The second-order valence-corrected chi connectivity index (χ2v) is 5.29. The van der Waals surface area contributed by atoms with Crippen LogP contribution in [0.15, 0.2) is 18.2 Å². The first kappa shape index (κ1) is 20.3. The molecular formula is C18H24O7. The Kier molecular flexibility index (Phi) is 8.32. The highest BCUT2D eigenvalue weighted by molar-refractivity contribution is 5.76. The minimum Gasteiger partial charge on any atom is -0.493 e. The Balaban J connectivity index is 3.22. The van der Waals surface area contributed by atoms with E-state index in [-0.39, 0.29) is 12.8 Å². The summed E-state index contributed by atoms with van der Waals surface area (Å²) in [5.74, 6) is -0.341. The zero-order chi connectivity index (χ0) is 18.8. The summed E-state index contributed by atoms with van der Waals surface area (Å²) in [6, 6.07) is 3.53. The number of hydrogen-bond donors (Lipinski definition) is 2. The van der Waals surface area contributed by atoms with Crippen LogP contribution < -0.4 is 14.2 Å². The van der Waals surface area contributed by atoms with Crippen LogP contribution in [0, 0.1) is 0 Å². The molecule has 0 unspecified atom stereocenters. The maximum atomic E-state index is 10.8. The standard InChI is InChI=1S/C18H24O7/c1-23-14-11-10-13(17(24-2)18(14)25-3)12(6-4-8-15(19)20)7-5-9-16(21)22/h6,10-11H,4-5,7-9H2,1-3H3,(H,19,20)(H,21,22)/b12-6+. The van der Waals surface area contributed by atoms with Gasteiger partial charge in [0.25, 0.3) is 0 Å². The van der Waals surface area contributed by atoms with E-state index >= 15 is 0 Å². The van der Waals surface area contributed by atoms with Crippen molar-refractivity contribution in [1.82, 2.24) is 0 Å². The number of benzene rings is 1. The molecule has 0 aliphatic rings. The molecule has 0 radical (unpaired) electrons. The average molecular weight is 352 g/mol. The van der Waals surface area contributed by atoms with Gasteiger partial charge in [-0.1, -0.05) is 6.08 Å². The minimum absolute atomic E-state index is 0.00195. The van der Waals surface area contributed by atoms with Crippen LogP contribution in [0.3, 0.4) is 0 Å². The molecule has 0 bridgehead atoms. The van der Waals surface area contributed by atoms with Crippen LogP contribution >= 0.6 is 0 Å². The van der Waals surface area contributed by atoms with Crippen molar-refractivity contribution in [3.63, 3.8) is 0 Å². The number of methoxy groups -OCH3 is 3. The molecule has 2 N–H and O–H groups in total. The van der Waals surface area contributed by atoms with Crippen molar-refractivity contribution in [2.24, 2.45) is 0 Å². The highest BCUT2D eigenvalue weighted by Gasteiger charge is 2.18. The molecule has 0 aliphatic heterocycles. The van der Waals surface area contributed by atoms with Gasteiger partial charge in [0.1, 0.15) is 0 Å². The van der Waals surface area contributed by atoms with E-state index in [0.29, 0.717) is 36.5 Å². The Morgan fingerprint density at radius 2 is 1.56 bits per heavy atom. The minimum atomic E-state index is -0.889. The van der Waals surface area contributed by atoms with E-state index in [1.807, 2.05) is 0 Å². The predicted molar refractivity (Wildman–Crippen MR) is 92.4 cm³/mol. The van der Waals surface area contributed by atoms with Crippen molar-refractivity contribution < 1.29 is 34.0 Å². The van der Waals surface area contributed by atoms with Gasteiger partial charge < -0.3 is 24.4 Å². The molecular weight excluding hydrogens is 328 g/mol. The van der Waals surface area contributed by atoms with E-state index < -0.39 is 11.9 Å². The molecule has 0 saturated carbocycles. The molecule has 1 rings (SSSR count). The first-order valence-corrected chi connectivity index (χ1v) is 7.86. The van der Waals surface area contributed by atoms with Crippen molar-refractivity contribution >= 4 is 17.5 Å². The highest BCUT2D eigenvalue weighted by Crippen LogP contribution is 2.43. The van der Waals surface area contributed by atoms with E-state index in [0.717, 1.165) is 11.1 Å². The van der Waals surface area contributed by atoms with Gasteiger partial charge in [0, 0.05) is 18.4 Å². The largest absolute Gasteiger partial charge is 0.493 e. The third-order valence-corrected chi connectivity index (χ3v) is 3.64. The van der Waals surface area contributed by atoms with Gasteiger partial charge in [-0.15, -0.1) is 0 Å². The molecule has 7 heteroatoms. The fourth-order valence-corrected chi connectivity index (χ4v) is 2.50. The quantitative estimate of drug-likeness (QED) is 0.630. The summed E-state index contributed by atoms with van der Waals surface area (Å²) < 4.78 is 16.1. The Morgan fingerprint density at radius 3 is 2.08 bits per heavy atom. The molecule has 0 heterocycles. The Bertz CT molecular complexity index is 635. The molecule has 0 saturated heterocycles. The lowest BCUT2D eigenvalue weighted by Gasteiger charge is -2.17. The summed E-state index contributed by atoms with van der Waals surface area (Å²) in [6.45, 7) is 0. The first-order chi connectivity index (χ1) is 11.9. The number of carboxylic acids is 2. The van der Waals surface area contributed by atoms with Crippen molar-refractivity contribution in [3.05, 3.63) is 23.8 Å². The molecule has 138 valence electrons. The smallest absolute Gasteiger partial charge is 0.303 e. The maximum absolute atomic E-state index is 10.8. The van der Waals surface area contributed by atoms with Crippen molar-refractivity contribution in [2.45, 2.75) is 32.1 Å². The number of ether oxygens (including phenoxy) is 3. The maximum Gasteiger partial charge on any atom is 0.303 e. The lowest BCUT2D eigenvalue weighted by atomic mass is 9.97. The predicted octanol–water partition coefficient (Wildman–Crippen LogP) is 3.22. The fraction of sp³-hybridized carbons (Fsp3) is 0.444. The summed E-state index contributed by atoms with van der Waals surface area (Å²) in [5.41, 5.74) is 1.55. The third kappa shape index (κ3) is 6.02. The van der Waals surface area contributed by atoms with Crippen LogP contribution in [0.2, 0.25) is 0 Å². The molecule has 25 heavy (non-hydrogen) atoms. The van der Waals surface area contributed by atoms with Gasteiger partial charge in [0.05, 0.1) is 21.3 Å². The molecule has 0 atom stereocenters. The average Bonchev–Trinajstić information content (AvgIpc) is 2.58. The number of hydrogen-bond acceptors (Lipinski definition) is 5. The van der Waals surface area contributed by atoms with E-state index in [1.165, 1.54) is 21.3 Å². The molecule has 1 aromatic carbocycles. The number of carbonyl (C=O) groups is 2. The first-order valence-electron chi connectivity index (χ1n) is 7.86. The zero-order valence-corrected chi connectivity index (χ0v) is 14.7. The second kappa shape index (κ2) is 10.2. The Morgan fingerprint density at radius 1 is 0.920 bits per heavy atom. The number of carboxylic acid groups (broad SMARTS) is 2. The van der Waals surface area contributed by atoms with Crippen LogP contribution in [0.5, 0.6) is 17.2 Å². The van der Waals surface area contributed by atoms with Gasteiger partial charge in [-0.25, -0.2) is 0 Å². The van der Waals surface area contributed by atoms with Crippen LogP contribution in [0.4, 0.5) is 0 Å². The van der Waals surface area contributed by atoms with Crippen LogP contribution in [-0.4, -0.2) is 43.5 Å². The van der Waals surface area contributed by atoms with Gasteiger partial charge in [-0.05, 0) is 37.0 Å². The number of allylic oxidation sites excluding steroid dienone is 2. The summed E-state index contributed by atoms with van der Waals surface area (Å²) >= 11 is 0. The van der Waals surface area contributed by atoms with Crippen LogP contribution in [0.25, 0.3) is 5.57 Å². The van der Waals surface area contributed by atoms with E-state index in [1.54, 1.807) is 18.2 Å². The fourth-order valence-electron chi connectivity index (χ4n) is 2.50. The summed E-state index contributed by atoms with van der Waals surface area (Å²) in [4.78, 5) is 21.5. The Labute approximate surface area is 146 Å². The van der Waals surface area contributed by atoms with Crippen molar-refractivity contribution in [1.29, 1.82) is 0 Å². The molecule has 0 fully saturated rings. The topological polar surface area (TPSA) is 102 Å². The van der Waals surface area contributed by atoms with Crippen molar-refractivity contribution in [3.8, 4) is 17.2 Å². The molecule has 0 amide bonds. The van der Waals surface area contributed by atoms with Gasteiger partial charge in [-0.3, -0.25) is 9.59 Å². The monoisotopic (exact) mass is 352 g/mol. The van der Waals surface area contributed by atoms with Gasteiger partial charge in [-0.2, -0.15) is 0 Å². The van der Waals surface area contributed by atoms with E-state index in [9.17, 15) is 9.59 Å². The van der Waals surface area contributed by atoms with E-state index in [4.69, 9.17) is 24.4 Å². The molecule has 0 aliphatic carbocycles. The molecule has 1 aromatic rings. The normalized spacial score (nSPS) is 11.1. The molecule has 7 nitrogen and oxygen atoms in total. The zero-order valence-electron chi connectivity index (χ0n) is 14.7. The lowest BCUT2D eigenvalue weighted by Crippen LogP contribution is -2.00. The van der Waals surface area contributed by atoms with Crippen LogP contribution in [-0.2, 0) is 9.59 Å². The summed E-state index contributed by atoms with van der Waals surface area (Å²) in [5, 5.41) is 17.7.